The van der Waals surface area contributed by atoms with Crippen molar-refractivity contribution in [2.24, 2.45) is 0 Å². The lowest BCUT2D eigenvalue weighted by molar-refractivity contribution is 0.266. The van der Waals surface area contributed by atoms with Gasteiger partial charge in [0.2, 0.25) is 0 Å². The van der Waals surface area contributed by atoms with Gasteiger partial charge in [-0.3, -0.25) is 0 Å². The molecule has 0 N–H and O–H groups in total. The predicted molar refractivity (Wildman–Crippen MR) is 74.3 cm³/mol. The molecule has 0 atom stereocenters. The van der Waals surface area contributed by atoms with Crippen LogP contribution in [0, 0.1) is 0 Å². The topological polar surface area (TPSA) is 3.24 Å². The summed E-state index contributed by atoms with van der Waals surface area (Å²) in [6.45, 7) is 14.7. The Hall–Kier alpha value is -1.24. The minimum absolute atomic E-state index is 0.118. The fraction of sp³-hybridized carbons (Fsp3) is 0.467. The average molecular weight is 219 g/mol. The Balaban J connectivity index is 0.00000106. The Morgan fingerprint density at radius 1 is 1.06 bits per heavy atom. The SMILES string of the molecule is C=C(c1ccccc1)N(C)C(C)(C)C.CC. The first-order valence-corrected chi connectivity index (χ1v) is 5.91. The Bertz CT molecular complexity index is 306. The lowest BCUT2D eigenvalue weighted by Gasteiger charge is -2.35. The van der Waals surface area contributed by atoms with Crippen molar-refractivity contribution in [1.29, 1.82) is 0 Å². The van der Waals surface area contributed by atoms with Crippen molar-refractivity contribution in [2.45, 2.75) is 40.2 Å². The van der Waals surface area contributed by atoms with E-state index in [1.807, 2.05) is 32.0 Å². The van der Waals surface area contributed by atoms with Gasteiger partial charge >= 0.3 is 0 Å². The summed E-state index contributed by atoms with van der Waals surface area (Å²) in [5.41, 5.74) is 2.37. The Morgan fingerprint density at radius 3 is 1.88 bits per heavy atom. The third-order valence-electron chi connectivity index (χ3n) is 2.52. The summed E-state index contributed by atoms with van der Waals surface area (Å²) >= 11 is 0. The molecule has 0 aliphatic heterocycles. The van der Waals surface area contributed by atoms with Crippen LogP contribution in [0.15, 0.2) is 36.9 Å². The molecule has 16 heavy (non-hydrogen) atoms. The highest BCUT2D eigenvalue weighted by Gasteiger charge is 2.18. The third-order valence-corrected chi connectivity index (χ3v) is 2.52. The monoisotopic (exact) mass is 219 g/mol. The van der Waals surface area contributed by atoms with Crippen LogP contribution >= 0.6 is 0 Å². The first kappa shape index (κ1) is 14.8. The molecule has 90 valence electrons. The van der Waals surface area contributed by atoms with Crippen LogP contribution in [0.1, 0.15) is 40.2 Å². The molecule has 0 aliphatic rings. The van der Waals surface area contributed by atoms with Crippen molar-refractivity contribution < 1.29 is 0 Å². The summed E-state index contributed by atoms with van der Waals surface area (Å²) in [5, 5.41) is 0. The molecular weight excluding hydrogens is 194 g/mol. The number of benzene rings is 1. The number of rotatable bonds is 2. The molecule has 1 aromatic carbocycles. The summed E-state index contributed by atoms with van der Waals surface area (Å²) < 4.78 is 0. The molecule has 1 heteroatoms. The van der Waals surface area contributed by atoms with Crippen molar-refractivity contribution in [3.63, 3.8) is 0 Å². The first-order chi connectivity index (χ1) is 7.43. The second-order valence-electron chi connectivity index (χ2n) is 4.54. The molecule has 0 fully saturated rings. The second kappa shape index (κ2) is 6.37. The van der Waals surface area contributed by atoms with Gasteiger partial charge in [0.25, 0.3) is 0 Å². The summed E-state index contributed by atoms with van der Waals surface area (Å²) in [6.07, 6.45) is 0. The molecular formula is C15H25N. The molecule has 0 bridgehead atoms. The van der Waals surface area contributed by atoms with Gasteiger partial charge in [0.1, 0.15) is 0 Å². The molecule has 1 rings (SSSR count). The van der Waals surface area contributed by atoms with Crippen LogP contribution in [-0.2, 0) is 0 Å². The van der Waals surface area contributed by atoms with Gasteiger partial charge in [-0.2, -0.15) is 0 Å². The fourth-order valence-electron chi connectivity index (χ4n) is 1.23. The molecule has 1 aromatic rings. The van der Waals surface area contributed by atoms with E-state index in [0.717, 1.165) is 5.70 Å². The zero-order chi connectivity index (χ0) is 12.8. The Kier molecular flexibility index (Phi) is 5.87. The van der Waals surface area contributed by atoms with Crippen molar-refractivity contribution in [1.82, 2.24) is 4.90 Å². The van der Waals surface area contributed by atoms with Gasteiger partial charge in [-0.25, -0.2) is 0 Å². The lowest BCUT2D eigenvalue weighted by atomic mass is 10.0. The van der Waals surface area contributed by atoms with Crippen LogP contribution in [0.4, 0.5) is 0 Å². The Labute approximate surface area is 101 Å². The largest absolute Gasteiger partial charge is 0.370 e. The van der Waals surface area contributed by atoms with Crippen LogP contribution in [0.3, 0.4) is 0 Å². The van der Waals surface area contributed by atoms with Crippen molar-refractivity contribution in [3.05, 3.63) is 42.5 Å². The van der Waals surface area contributed by atoms with E-state index in [9.17, 15) is 0 Å². The maximum atomic E-state index is 4.12. The highest BCUT2D eigenvalue weighted by Crippen LogP contribution is 2.23. The standard InChI is InChI=1S/C13H19N.C2H6/c1-11(14(5)13(2,3)4)12-9-7-6-8-10-12;1-2/h6-10H,1H2,2-5H3;1-2H3. The molecule has 0 heterocycles. The van der Waals surface area contributed by atoms with Crippen LogP contribution in [-0.4, -0.2) is 17.5 Å². The summed E-state index contributed by atoms with van der Waals surface area (Å²) in [5.74, 6) is 0. The van der Waals surface area contributed by atoms with Gasteiger partial charge < -0.3 is 4.90 Å². The molecule has 1 nitrogen and oxygen atoms in total. The van der Waals surface area contributed by atoms with E-state index >= 15 is 0 Å². The van der Waals surface area contributed by atoms with E-state index < -0.39 is 0 Å². The smallest absolute Gasteiger partial charge is 0.0368 e. The molecule has 0 amide bonds. The van der Waals surface area contributed by atoms with E-state index in [1.165, 1.54) is 5.56 Å². The number of hydrogen-bond donors (Lipinski definition) is 0. The zero-order valence-corrected chi connectivity index (χ0v) is 11.5. The van der Waals surface area contributed by atoms with Crippen LogP contribution in [0.25, 0.3) is 5.70 Å². The van der Waals surface area contributed by atoms with Crippen LogP contribution in [0.5, 0.6) is 0 Å². The van der Waals surface area contributed by atoms with Gasteiger partial charge in [0.05, 0.1) is 0 Å². The first-order valence-electron chi connectivity index (χ1n) is 5.91. The van der Waals surface area contributed by atoms with Crippen LogP contribution in [0.2, 0.25) is 0 Å². The molecule has 0 aromatic heterocycles. The highest BCUT2D eigenvalue weighted by atomic mass is 15.2. The maximum Gasteiger partial charge on any atom is 0.0368 e. The number of nitrogens with zero attached hydrogens (tertiary/aromatic N) is 1. The lowest BCUT2D eigenvalue weighted by Crippen LogP contribution is -2.36. The van der Waals surface area contributed by atoms with Crippen molar-refractivity contribution >= 4 is 5.70 Å². The van der Waals surface area contributed by atoms with Gasteiger partial charge in [0, 0.05) is 18.3 Å². The molecule has 0 spiro atoms. The minimum atomic E-state index is 0.118. The van der Waals surface area contributed by atoms with Gasteiger partial charge in [-0.1, -0.05) is 50.8 Å². The summed E-state index contributed by atoms with van der Waals surface area (Å²) in [6, 6.07) is 10.3. The number of hydrogen-bond acceptors (Lipinski definition) is 1. The quantitative estimate of drug-likeness (QED) is 0.712. The predicted octanol–water partition coefficient (Wildman–Crippen LogP) is 4.41. The zero-order valence-electron chi connectivity index (χ0n) is 11.5. The third kappa shape index (κ3) is 4.09. The molecule has 0 saturated carbocycles. The summed E-state index contributed by atoms with van der Waals surface area (Å²) in [4.78, 5) is 2.20. The van der Waals surface area contributed by atoms with E-state index in [1.54, 1.807) is 0 Å². The maximum absolute atomic E-state index is 4.12. The minimum Gasteiger partial charge on any atom is -0.370 e. The van der Waals surface area contributed by atoms with Crippen LogP contribution < -0.4 is 0 Å². The van der Waals surface area contributed by atoms with Crippen molar-refractivity contribution in [3.8, 4) is 0 Å². The van der Waals surface area contributed by atoms with E-state index in [-0.39, 0.29) is 5.54 Å². The fourth-order valence-corrected chi connectivity index (χ4v) is 1.23. The Morgan fingerprint density at radius 2 is 1.50 bits per heavy atom. The van der Waals surface area contributed by atoms with Crippen molar-refractivity contribution in [2.75, 3.05) is 7.05 Å². The highest BCUT2D eigenvalue weighted by molar-refractivity contribution is 5.61. The average Bonchev–Trinajstić information content (AvgIpc) is 2.30. The second-order valence-corrected chi connectivity index (χ2v) is 4.54. The van der Waals surface area contributed by atoms with E-state index in [4.69, 9.17) is 0 Å². The molecule has 0 radical (unpaired) electrons. The normalized spacial score (nSPS) is 10.1. The van der Waals surface area contributed by atoms with Gasteiger partial charge in [-0.15, -0.1) is 0 Å². The summed E-state index contributed by atoms with van der Waals surface area (Å²) in [7, 11) is 2.08. The van der Waals surface area contributed by atoms with Gasteiger partial charge in [-0.05, 0) is 26.3 Å². The molecule has 0 unspecified atom stereocenters. The van der Waals surface area contributed by atoms with E-state index in [0.29, 0.717) is 0 Å². The van der Waals surface area contributed by atoms with E-state index in [2.05, 4.69) is 51.4 Å². The van der Waals surface area contributed by atoms with Gasteiger partial charge in [0.15, 0.2) is 0 Å². The molecule has 0 saturated heterocycles. The molecule has 0 aliphatic carbocycles.